The van der Waals surface area contributed by atoms with Crippen molar-refractivity contribution in [3.63, 3.8) is 0 Å². The SMILES string of the molecule is CCN1CCN(Cc2ccc3c(S(=O)(=O)Nc4ccc(NC(=O)C(C)(C)CF)cc4)cccc3c2)CC1.Cl. The number of rotatable bonds is 9. The van der Waals surface area contributed by atoms with Crippen LogP contribution in [0.15, 0.2) is 65.6 Å². The van der Waals surface area contributed by atoms with E-state index in [1.807, 2.05) is 18.2 Å². The summed E-state index contributed by atoms with van der Waals surface area (Å²) >= 11 is 0. The first kappa shape index (κ1) is 29.8. The number of hydrogen-bond donors (Lipinski definition) is 2. The van der Waals surface area contributed by atoms with Crippen LogP contribution < -0.4 is 10.0 Å². The van der Waals surface area contributed by atoms with Crippen LogP contribution in [0.1, 0.15) is 26.3 Å². The zero-order valence-corrected chi connectivity index (χ0v) is 23.7. The van der Waals surface area contributed by atoms with Crippen LogP contribution in [-0.4, -0.2) is 63.5 Å². The molecule has 1 aliphatic rings. The summed E-state index contributed by atoms with van der Waals surface area (Å²) < 4.78 is 42.2. The number of nitrogens with one attached hydrogen (secondary N) is 2. The largest absolute Gasteiger partial charge is 0.326 e. The monoisotopic (exact) mass is 562 g/mol. The van der Waals surface area contributed by atoms with Crippen LogP contribution >= 0.6 is 12.4 Å². The maximum absolute atomic E-state index is 13.3. The van der Waals surface area contributed by atoms with E-state index in [4.69, 9.17) is 0 Å². The van der Waals surface area contributed by atoms with Crippen molar-refractivity contribution >= 4 is 50.5 Å². The van der Waals surface area contributed by atoms with Gasteiger partial charge in [-0.2, -0.15) is 0 Å². The Hall–Kier alpha value is -2.72. The van der Waals surface area contributed by atoms with Crippen LogP contribution in [0.3, 0.4) is 0 Å². The van der Waals surface area contributed by atoms with Crippen LogP contribution in [0.5, 0.6) is 0 Å². The molecule has 3 aromatic rings. The van der Waals surface area contributed by atoms with Gasteiger partial charge in [0, 0.05) is 49.5 Å². The minimum Gasteiger partial charge on any atom is -0.326 e. The fraction of sp³-hybridized carbons (Fsp3) is 0.393. The van der Waals surface area contributed by atoms with E-state index in [0.29, 0.717) is 16.8 Å². The molecule has 206 valence electrons. The molecule has 1 heterocycles. The summed E-state index contributed by atoms with van der Waals surface area (Å²) in [5.74, 6) is -0.443. The number of fused-ring (bicyclic) bond motifs is 1. The molecule has 1 aliphatic heterocycles. The smallest absolute Gasteiger partial charge is 0.262 e. The Balaban J connectivity index is 0.00000400. The molecule has 3 aromatic carbocycles. The van der Waals surface area contributed by atoms with E-state index in [1.54, 1.807) is 36.4 Å². The lowest BCUT2D eigenvalue weighted by Gasteiger charge is -2.34. The third-order valence-electron chi connectivity index (χ3n) is 6.86. The average molecular weight is 563 g/mol. The van der Waals surface area contributed by atoms with Crippen molar-refractivity contribution in [2.45, 2.75) is 32.2 Å². The number of piperazine rings is 1. The molecule has 0 aliphatic carbocycles. The molecule has 7 nitrogen and oxygen atoms in total. The zero-order valence-electron chi connectivity index (χ0n) is 22.0. The number of benzene rings is 3. The Labute approximate surface area is 230 Å². The van der Waals surface area contributed by atoms with Gasteiger partial charge in [-0.3, -0.25) is 14.4 Å². The number of anilines is 2. The first-order valence-corrected chi connectivity index (χ1v) is 14.1. The Morgan fingerprint density at radius 2 is 1.58 bits per heavy atom. The van der Waals surface area contributed by atoms with Crippen molar-refractivity contribution in [3.8, 4) is 0 Å². The van der Waals surface area contributed by atoms with E-state index in [9.17, 15) is 17.6 Å². The van der Waals surface area contributed by atoms with Crippen LogP contribution in [0.4, 0.5) is 15.8 Å². The summed E-state index contributed by atoms with van der Waals surface area (Å²) in [7, 11) is -3.86. The van der Waals surface area contributed by atoms with Crippen molar-refractivity contribution in [2.75, 3.05) is 49.4 Å². The lowest BCUT2D eigenvalue weighted by molar-refractivity contribution is -0.124. The number of halogens is 2. The Morgan fingerprint density at radius 1 is 0.947 bits per heavy atom. The van der Waals surface area contributed by atoms with Gasteiger partial charge in [0.2, 0.25) is 5.91 Å². The van der Waals surface area contributed by atoms with Gasteiger partial charge in [-0.05, 0) is 67.7 Å². The Kier molecular flexibility index (Phi) is 9.75. The molecule has 0 spiro atoms. The first-order chi connectivity index (χ1) is 17.6. The topological polar surface area (TPSA) is 81.8 Å². The molecule has 1 saturated heterocycles. The zero-order chi connectivity index (χ0) is 26.6. The normalized spacial score (nSPS) is 15.2. The van der Waals surface area contributed by atoms with Crippen molar-refractivity contribution in [2.24, 2.45) is 5.41 Å². The highest BCUT2D eigenvalue weighted by Gasteiger charge is 2.27. The molecule has 0 bridgehead atoms. The van der Waals surface area contributed by atoms with Crippen LogP contribution in [-0.2, 0) is 21.4 Å². The van der Waals surface area contributed by atoms with E-state index in [-0.39, 0.29) is 17.3 Å². The van der Waals surface area contributed by atoms with E-state index < -0.39 is 28.0 Å². The molecule has 0 saturated carbocycles. The molecule has 0 radical (unpaired) electrons. The van der Waals surface area contributed by atoms with Crippen LogP contribution in [0.2, 0.25) is 0 Å². The molecule has 4 rings (SSSR count). The first-order valence-electron chi connectivity index (χ1n) is 12.6. The number of carbonyl (C=O) groups is 1. The molecule has 38 heavy (non-hydrogen) atoms. The van der Waals surface area contributed by atoms with Crippen LogP contribution in [0.25, 0.3) is 10.8 Å². The van der Waals surface area contributed by atoms with Gasteiger partial charge >= 0.3 is 0 Å². The summed E-state index contributed by atoms with van der Waals surface area (Å²) in [5, 5.41) is 4.19. The second-order valence-electron chi connectivity index (χ2n) is 10.2. The molecule has 10 heteroatoms. The number of sulfonamides is 1. The fourth-order valence-electron chi connectivity index (χ4n) is 4.35. The van der Waals surface area contributed by atoms with E-state index in [1.165, 1.54) is 13.8 Å². The van der Waals surface area contributed by atoms with Gasteiger partial charge in [0.1, 0.15) is 6.67 Å². The van der Waals surface area contributed by atoms with Gasteiger partial charge in [0.05, 0.1) is 10.3 Å². The molecule has 0 aromatic heterocycles. The summed E-state index contributed by atoms with van der Waals surface area (Å²) in [5.41, 5.74) is 0.845. The standard InChI is InChI=1S/C28H35FN4O3S.ClH/c1-4-32-14-16-33(17-15-32)19-21-8-13-25-22(18-21)6-5-7-26(25)37(35,36)31-24-11-9-23(10-12-24)30-27(34)28(2,3)20-29;/h5-13,18,31H,4,14-17,19-20H2,1-3H3,(H,30,34);1H. The quantitative estimate of drug-likeness (QED) is 0.378. The minimum absolute atomic E-state index is 0. The molecule has 1 amide bonds. The van der Waals surface area contributed by atoms with Gasteiger partial charge in [-0.1, -0.05) is 31.2 Å². The second kappa shape index (κ2) is 12.4. The summed E-state index contributed by atoms with van der Waals surface area (Å²) in [4.78, 5) is 17.3. The van der Waals surface area contributed by atoms with Crippen LogP contribution in [0, 0.1) is 5.41 Å². The van der Waals surface area contributed by atoms with Crippen molar-refractivity contribution in [1.82, 2.24) is 9.80 Å². The molecular formula is C28H36ClFN4O3S. The van der Waals surface area contributed by atoms with E-state index in [2.05, 4.69) is 32.8 Å². The number of likely N-dealkylation sites (N-methyl/N-ethyl adjacent to an activating group) is 1. The van der Waals surface area contributed by atoms with E-state index >= 15 is 0 Å². The number of alkyl halides is 1. The lowest BCUT2D eigenvalue weighted by atomic mass is 9.94. The summed E-state index contributed by atoms with van der Waals surface area (Å²) in [6.45, 7) is 10.6. The maximum atomic E-state index is 13.3. The van der Waals surface area contributed by atoms with Gasteiger partial charge in [-0.15, -0.1) is 12.4 Å². The highest BCUT2D eigenvalue weighted by Crippen LogP contribution is 2.27. The lowest BCUT2D eigenvalue weighted by Crippen LogP contribution is -2.45. The molecule has 1 fully saturated rings. The van der Waals surface area contributed by atoms with E-state index in [0.717, 1.165) is 50.2 Å². The summed E-state index contributed by atoms with van der Waals surface area (Å²) in [6, 6.07) is 17.5. The third kappa shape index (κ3) is 7.02. The average Bonchev–Trinajstić information content (AvgIpc) is 2.89. The molecule has 0 atom stereocenters. The van der Waals surface area contributed by atoms with Crippen molar-refractivity contribution < 1.29 is 17.6 Å². The third-order valence-corrected chi connectivity index (χ3v) is 8.30. The predicted octanol–water partition coefficient (Wildman–Crippen LogP) is 5.13. The number of nitrogens with zero attached hydrogens (tertiary/aromatic N) is 2. The Bertz CT molecular complexity index is 1360. The van der Waals surface area contributed by atoms with Gasteiger partial charge < -0.3 is 10.2 Å². The van der Waals surface area contributed by atoms with Crippen molar-refractivity contribution in [1.29, 1.82) is 0 Å². The van der Waals surface area contributed by atoms with Crippen molar-refractivity contribution in [3.05, 3.63) is 66.2 Å². The molecule has 2 N–H and O–H groups in total. The maximum Gasteiger partial charge on any atom is 0.262 e. The van der Waals surface area contributed by atoms with Gasteiger partial charge in [0.15, 0.2) is 0 Å². The highest BCUT2D eigenvalue weighted by atomic mass is 35.5. The molecular weight excluding hydrogens is 527 g/mol. The van der Waals surface area contributed by atoms with Gasteiger partial charge in [-0.25, -0.2) is 12.8 Å². The highest BCUT2D eigenvalue weighted by molar-refractivity contribution is 7.93. The number of hydrogen-bond acceptors (Lipinski definition) is 5. The second-order valence-corrected chi connectivity index (χ2v) is 11.8. The minimum atomic E-state index is -3.86. The van der Waals surface area contributed by atoms with Gasteiger partial charge in [0.25, 0.3) is 10.0 Å². The fourth-order valence-corrected chi connectivity index (χ4v) is 5.64. The Morgan fingerprint density at radius 3 is 2.21 bits per heavy atom. The predicted molar refractivity (Wildman–Crippen MR) is 154 cm³/mol. The number of amides is 1. The molecule has 0 unspecified atom stereocenters. The summed E-state index contributed by atoms with van der Waals surface area (Å²) in [6.07, 6.45) is 0. The number of carbonyl (C=O) groups excluding carboxylic acids is 1.